The molecule has 1 amide bonds. The summed E-state index contributed by atoms with van der Waals surface area (Å²) in [6, 6.07) is 13.2. The molecule has 1 aliphatic carbocycles. The SMILES string of the molecule is C=CC(=O)Nc1cc(Nc2nccc(-n3c(C4CC4)nc4cc(C#N)ccc43)n2)c(OC)cc1N(C)CCN(C)C. The van der Waals surface area contributed by atoms with E-state index in [0.717, 1.165) is 48.5 Å². The largest absolute Gasteiger partial charge is 0.494 e. The van der Waals surface area contributed by atoms with E-state index in [1.54, 1.807) is 25.4 Å². The maximum atomic E-state index is 12.3. The molecule has 0 atom stereocenters. The van der Waals surface area contributed by atoms with E-state index in [4.69, 9.17) is 14.7 Å². The number of fused-ring (bicyclic) bond motifs is 1. The van der Waals surface area contributed by atoms with Crippen LogP contribution in [0.1, 0.15) is 30.1 Å². The number of nitriles is 1. The summed E-state index contributed by atoms with van der Waals surface area (Å²) in [6.45, 7) is 5.16. The summed E-state index contributed by atoms with van der Waals surface area (Å²) < 4.78 is 7.77. The highest BCUT2D eigenvalue weighted by Gasteiger charge is 2.30. The van der Waals surface area contributed by atoms with Crippen molar-refractivity contribution in [2.75, 3.05) is 56.9 Å². The minimum absolute atomic E-state index is 0.319. The van der Waals surface area contributed by atoms with Crippen LogP contribution in [0.2, 0.25) is 0 Å². The van der Waals surface area contributed by atoms with Gasteiger partial charge in [-0.25, -0.2) is 9.97 Å². The van der Waals surface area contributed by atoms with Gasteiger partial charge in [-0.05, 0) is 63.3 Å². The molecule has 2 aromatic heterocycles. The van der Waals surface area contributed by atoms with Crippen LogP contribution in [-0.2, 0) is 4.79 Å². The van der Waals surface area contributed by atoms with Crippen LogP contribution in [-0.4, -0.2) is 71.7 Å². The molecule has 1 fully saturated rings. The number of methoxy groups -OCH3 is 1. The van der Waals surface area contributed by atoms with Crippen LogP contribution in [0.5, 0.6) is 5.75 Å². The van der Waals surface area contributed by atoms with Crippen molar-refractivity contribution in [3.63, 3.8) is 0 Å². The number of hydrogen-bond acceptors (Lipinski definition) is 9. The molecule has 5 rings (SSSR count). The zero-order chi connectivity index (χ0) is 29.1. The van der Waals surface area contributed by atoms with Crippen molar-refractivity contribution in [3.8, 4) is 17.6 Å². The molecule has 0 saturated heterocycles. The first-order valence-electron chi connectivity index (χ1n) is 13.4. The number of nitrogens with zero attached hydrogens (tertiary/aromatic N) is 7. The minimum atomic E-state index is -0.319. The van der Waals surface area contributed by atoms with Crippen LogP contribution in [0, 0.1) is 11.3 Å². The number of ether oxygens (including phenoxy) is 1. The van der Waals surface area contributed by atoms with Crippen molar-refractivity contribution in [1.29, 1.82) is 5.26 Å². The van der Waals surface area contributed by atoms with E-state index in [0.29, 0.717) is 40.4 Å². The maximum absolute atomic E-state index is 12.3. The summed E-state index contributed by atoms with van der Waals surface area (Å²) in [4.78, 5) is 30.6. The Balaban J connectivity index is 1.53. The first-order chi connectivity index (χ1) is 19.8. The van der Waals surface area contributed by atoms with Crippen molar-refractivity contribution in [1.82, 2.24) is 24.4 Å². The Kier molecular flexibility index (Phi) is 7.85. The van der Waals surface area contributed by atoms with Crippen molar-refractivity contribution in [2.45, 2.75) is 18.8 Å². The number of imidazole rings is 1. The molecule has 1 saturated carbocycles. The molecule has 2 N–H and O–H groups in total. The van der Waals surface area contributed by atoms with E-state index in [2.05, 4.69) is 38.1 Å². The van der Waals surface area contributed by atoms with Gasteiger partial charge in [0.15, 0.2) is 0 Å². The molecule has 2 aromatic carbocycles. The molecule has 0 spiro atoms. The first kappa shape index (κ1) is 27.6. The van der Waals surface area contributed by atoms with Gasteiger partial charge in [0.1, 0.15) is 17.4 Å². The molecule has 4 aromatic rings. The molecule has 0 radical (unpaired) electrons. The van der Waals surface area contributed by atoms with Crippen LogP contribution in [0.15, 0.2) is 55.3 Å². The van der Waals surface area contributed by atoms with E-state index in [1.807, 2.05) is 50.0 Å². The molecular weight excluding hydrogens is 518 g/mol. The Bertz CT molecular complexity index is 1650. The van der Waals surface area contributed by atoms with Gasteiger partial charge >= 0.3 is 0 Å². The van der Waals surface area contributed by atoms with Crippen LogP contribution >= 0.6 is 0 Å². The van der Waals surface area contributed by atoms with Crippen molar-refractivity contribution in [3.05, 3.63) is 66.6 Å². The Morgan fingerprint density at radius 2 is 1.98 bits per heavy atom. The van der Waals surface area contributed by atoms with Crippen molar-refractivity contribution < 1.29 is 9.53 Å². The average molecular weight is 552 g/mol. The second kappa shape index (κ2) is 11.7. The number of likely N-dealkylation sites (N-methyl/N-ethyl adjacent to an activating group) is 2. The number of carbonyl (C=O) groups is 1. The second-order valence-electron chi connectivity index (χ2n) is 10.2. The molecule has 0 bridgehead atoms. The van der Waals surface area contributed by atoms with Crippen LogP contribution in [0.4, 0.5) is 23.0 Å². The fourth-order valence-electron chi connectivity index (χ4n) is 4.58. The highest BCUT2D eigenvalue weighted by atomic mass is 16.5. The van der Waals surface area contributed by atoms with Crippen molar-refractivity contribution in [2.24, 2.45) is 0 Å². The van der Waals surface area contributed by atoms with Gasteiger partial charge < -0.3 is 25.2 Å². The molecule has 11 heteroatoms. The summed E-state index contributed by atoms with van der Waals surface area (Å²) in [5.74, 6) is 2.55. The second-order valence-corrected chi connectivity index (χ2v) is 10.2. The minimum Gasteiger partial charge on any atom is -0.494 e. The van der Waals surface area contributed by atoms with Crippen LogP contribution in [0.25, 0.3) is 16.9 Å². The third-order valence-corrected chi connectivity index (χ3v) is 6.92. The molecule has 0 unspecified atom stereocenters. The zero-order valence-electron chi connectivity index (χ0n) is 23.7. The van der Waals surface area contributed by atoms with Gasteiger partial charge in [-0.15, -0.1) is 0 Å². The molecule has 41 heavy (non-hydrogen) atoms. The maximum Gasteiger partial charge on any atom is 0.247 e. The van der Waals surface area contributed by atoms with Gasteiger partial charge in [0.25, 0.3) is 0 Å². The Labute approximate surface area is 239 Å². The van der Waals surface area contributed by atoms with Crippen LogP contribution in [0.3, 0.4) is 0 Å². The summed E-state index contributed by atoms with van der Waals surface area (Å²) in [5, 5.41) is 15.5. The van der Waals surface area contributed by atoms with Crippen LogP contribution < -0.4 is 20.3 Å². The number of nitrogens with one attached hydrogen (secondary N) is 2. The predicted molar refractivity (Wildman–Crippen MR) is 160 cm³/mol. The van der Waals surface area contributed by atoms with E-state index in [1.165, 1.54) is 6.08 Å². The normalized spacial score (nSPS) is 12.7. The average Bonchev–Trinajstić information content (AvgIpc) is 3.75. The van der Waals surface area contributed by atoms with Gasteiger partial charge in [0, 0.05) is 38.3 Å². The van der Waals surface area contributed by atoms with Gasteiger partial charge in [-0.1, -0.05) is 6.58 Å². The third-order valence-electron chi connectivity index (χ3n) is 6.92. The zero-order valence-corrected chi connectivity index (χ0v) is 23.7. The number of hydrogen-bond donors (Lipinski definition) is 2. The summed E-state index contributed by atoms with van der Waals surface area (Å²) in [5.41, 5.74) is 4.20. The summed E-state index contributed by atoms with van der Waals surface area (Å²) >= 11 is 0. The predicted octanol–water partition coefficient (Wildman–Crippen LogP) is 4.44. The van der Waals surface area contributed by atoms with E-state index in [9.17, 15) is 10.1 Å². The monoisotopic (exact) mass is 551 g/mol. The lowest BCUT2D eigenvalue weighted by atomic mass is 10.2. The van der Waals surface area contributed by atoms with E-state index < -0.39 is 0 Å². The smallest absolute Gasteiger partial charge is 0.247 e. The number of benzene rings is 2. The Morgan fingerprint density at radius 1 is 1.17 bits per heavy atom. The van der Waals surface area contributed by atoms with Gasteiger partial charge in [-0.2, -0.15) is 10.2 Å². The third kappa shape index (κ3) is 5.97. The number of amides is 1. The number of anilines is 4. The highest BCUT2D eigenvalue weighted by molar-refractivity contribution is 6.02. The Morgan fingerprint density at radius 3 is 2.66 bits per heavy atom. The molecule has 210 valence electrons. The first-order valence-corrected chi connectivity index (χ1v) is 13.4. The van der Waals surface area contributed by atoms with E-state index in [-0.39, 0.29) is 5.91 Å². The molecule has 2 heterocycles. The fourth-order valence-corrected chi connectivity index (χ4v) is 4.58. The summed E-state index contributed by atoms with van der Waals surface area (Å²) in [7, 11) is 7.59. The molecular formula is C30H33N9O2. The standard InChI is InChI=1S/C30H33N9O2/c1-6-28(40)33-22-16-23(26(41-5)17-25(22)38(4)14-13-37(2)3)35-30-32-12-11-27(36-30)39-24-10-7-19(18-31)15-21(24)34-29(39)20-8-9-20/h6-7,10-12,15-17,20H,1,8-9,13-14H2,2-5H3,(H,33,40)(H,32,35,36). The number of rotatable bonds is 11. The quantitative estimate of drug-likeness (QED) is 0.260. The molecule has 11 nitrogen and oxygen atoms in total. The lowest BCUT2D eigenvalue weighted by molar-refractivity contribution is -0.111. The Hall–Kier alpha value is -4.95. The molecule has 1 aliphatic rings. The summed E-state index contributed by atoms with van der Waals surface area (Å²) in [6.07, 6.45) is 5.06. The highest BCUT2D eigenvalue weighted by Crippen LogP contribution is 2.42. The number of aromatic nitrogens is 4. The van der Waals surface area contributed by atoms with Gasteiger partial charge in [0.05, 0.1) is 46.8 Å². The number of carbonyl (C=O) groups excluding carboxylic acids is 1. The van der Waals surface area contributed by atoms with E-state index >= 15 is 0 Å². The van der Waals surface area contributed by atoms with Crippen molar-refractivity contribution >= 4 is 40.0 Å². The lowest BCUT2D eigenvalue weighted by Crippen LogP contribution is -2.29. The van der Waals surface area contributed by atoms with Gasteiger partial charge in [-0.3, -0.25) is 9.36 Å². The topological polar surface area (TPSA) is 124 Å². The van der Waals surface area contributed by atoms with Gasteiger partial charge in [0.2, 0.25) is 11.9 Å². The lowest BCUT2D eigenvalue weighted by Gasteiger charge is -2.26. The fraction of sp³-hybridized carbons (Fsp3) is 0.300. The molecule has 0 aliphatic heterocycles.